The van der Waals surface area contributed by atoms with Crippen LogP contribution in [0.5, 0.6) is 5.75 Å². The fraction of sp³-hybridized carbons (Fsp3) is 0.227. The number of amides is 1. The smallest absolute Gasteiger partial charge is 0.220 e. The normalized spacial score (nSPS) is 12.1. The number of benzene rings is 3. The third-order valence-electron chi connectivity index (χ3n) is 4.43. The fourth-order valence-electron chi connectivity index (χ4n) is 3.13. The van der Waals surface area contributed by atoms with Crippen LogP contribution in [-0.2, 0) is 4.79 Å². The Bertz CT molecular complexity index is 884. The second kappa shape index (κ2) is 7.39. The SMILES string of the molecule is CCCC(=O)N[C@H](c1ccc(C)cc1)c1c(O)ccc2ccccc12. The summed E-state index contributed by atoms with van der Waals surface area (Å²) in [6.07, 6.45) is 1.25. The molecule has 0 bridgehead atoms. The first-order valence-corrected chi connectivity index (χ1v) is 8.66. The zero-order valence-corrected chi connectivity index (χ0v) is 14.6. The second-order valence-corrected chi connectivity index (χ2v) is 6.38. The van der Waals surface area contributed by atoms with Gasteiger partial charge in [0.1, 0.15) is 5.75 Å². The van der Waals surface area contributed by atoms with E-state index in [4.69, 9.17) is 0 Å². The summed E-state index contributed by atoms with van der Waals surface area (Å²) in [6.45, 7) is 4.01. The largest absolute Gasteiger partial charge is 0.508 e. The lowest BCUT2D eigenvalue weighted by Gasteiger charge is -2.23. The van der Waals surface area contributed by atoms with Crippen LogP contribution in [0.1, 0.15) is 42.5 Å². The molecule has 0 fully saturated rings. The van der Waals surface area contributed by atoms with Gasteiger partial charge in [0, 0.05) is 12.0 Å². The Morgan fingerprint density at radius 3 is 2.48 bits per heavy atom. The van der Waals surface area contributed by atoms with Crippen molar-refractivity contribution in [2.75, 3.05) is 0 Å². The molecule has 1 amide bonds. The van der Waals surface area contributed by atoms with E-state index in [1.165, 1.54) is 0 Å². The molecule has 3 nitrogen and oxygen atoms in total. The predicted molar refractivity (Wildman–Crippen MR) is 102 cm³/mol. The van der Waals surface area contributed by atoms with E-state index in [-0.39, 0.29) is 17.7 Å². The number of hydrogen-bond donors (Lipinski definition) is 2. The van der Waals surface area contributed by atoms with E-state index in [9.17, 15) is 9.90 Å². The van der Waals surface area contributed by atoms with E-state index in [2.05, 4.69) is 5.32 Å². The average molecular weight is 333 g/mol. The molecule has 2 N–H and O–H groups in total. The molecule has 3 heteroatoms. The topological polar surface area (TPSA) is 49.3 Å². The summed E-state index contributed by atoms with van der Waals surface area (Å²) in [7, 11) is 0. The van der Waals surface area contributed by atoms with Gasteiger partial charge in [0.2, 0.25) is 5.91 Å². The van der Waals surface area contributed by atoms with Gasteiger partial charge in [-0.3, -0.25) is 4.79 Å². The van der Waals surface area contributed by atoms with Gasteiger partial charge in [-0.2, -0.15) is 0 Å². The molecule has 0 aromatic heterocycles. The Morgan fingerprint density at radius 2 is 1.76 bits per heavy atom. The Hall–Kier alpha value is -2.81. The Labute approximate surface area is 148 Å². The van der Waals surface area contributed by atoms with Crippen molar-refractivity contribution < 1.29 is 9.90 Å². The zero-order valence-electron chi connectivity index (χ0n) is 14.6. The molecule has 0 aliphatic rings. The molecular formula is C22H23NO2. The highest BCUT2D eigenvalue weighted by molar-refractivity contribution is 5.89. The van der Waals surface area contributed by atoms with Crippen LogP contribution in [0, 0.1) is 6.92 Å². The van der Waals surface area contributed by atoms with Crippen molar-refractivity contribution >= 4 is 16.7 Å². The number of aromatic hydroxyl groups is 1. The molecule has 3 rings (SSSR count). The van der Waals surface area contributed by atoms with Crippen molar-refractivity contribution in [3.63, 3.8) is 0 Å². The molecule has 0 saturated heterocycles. The van der Waals surface area contributed by atoms with Crippen LogP contribution in [0.3, 0.4) is 0 Å². The van der Waals surface area contributed by atoms with Gasteiger partial charge in [-0.05, 0) is 35.7 Å². The number of carbonyl (C=O) groups is 1. The maximum Gasteiger partial charge on any atom is 0.220 e. The molecule has 0 saturated carbocycles. The van der Waals surface area contributed by atoms with Crippen molar-refractivity contribution in [3.8, 4) is 5.75 Å². The first kappa shape index (κ1) is 17.0. The number of carbonyl (C=O) groups excluding carboxylic acids is 1. The summed E-state index contributed by atoms with van der Waals surface area (Å²) in [5.41, 5.74) is 2.86. The van der Waals surface area contributed by atoms with E-state index in [1.54, 1.807) is 6.07 Å². The Morgan fingerprint density at radius 1 is 1.04 bits per heavy atom. The van der Waals surface area contributed by atoms with Crippen molar-refractivity contribution in [2.45, 2.75) is 32.7 Å². The van der Waals surface area contributed by atoms with Crippen molar-refractivity contribution in [1.82, 2.24) is 5.32 Å². The van der Waals surface area contributed by atoms with Gasteiger partial charge in [-0.15, -0.1) is 0 Å². The van der Waals surface area contributed by atoms with Gasteiger partial charge in [-0.1, -0.05) is 67.1 Å². The van der Waals surface area contributed by atoms with Gasteiger partial charge >= 0.3 is 0 Å². The van der Waals surface area contributed by atoms with Crippen molar-refractivity contribution in [1.29, 1.82) is 0 Å². The van der Waals surface area contributed by atoms with E-state index in [0.717, 1.165) is 33.9 Å². The Balaban J connectivity index is 2.15. The molecule has 0 aliphatic heterocycles. The molecule has 3 aromatic rings. The van der Waals surface area contributed by atoms with Gasteiger partial charge in [0.15, 0.2) is 0 Å². The van der Waals surface area contributed by atoms with Crippen LogP contribution in [0.15, 0.2) is 60.7 Å². The monoisotopic (exact) mass is 333 g/mol. The summed E-state index contributed by atoms with van der Waals surface area (Å²) in [4.78, 5) is 12.3. The van der Waals surface area contributed by atoms with E-state index >= 15 is 0 Å². The van der Waals surface area contributed by atoms with Gasteiger partial charge in [0.25, 0.3) is 0 Å². The summed E-state index contributed by atoms with van der Waals surface area (Å²) >= 11 is 0. The highest BCUT2D eigenvalue weighted by atomic mass is 16.3. The summed E-state index contributed by atoms with van der Waals surface area (Å²) in [5.74, 6) is 0.182. The second-order valence-electron chi connectivity index (χ2n) is 6.38. The lowest BCUT2D eigenvalue weighted by Crippen LogP contribution is -2.29. The molecule has 0 spiro atoms. The number of rotatable bonds is 5. The fourth-order valence-corrected chi connectivity index (χ4v) is 3.13. The number of nitrogens with one attached hydrogen (secondary N) is 1. The number of phenols is 1. The molecule has 1 atom stereocenters. The van der Waals surface area contributed by atoms with Crippen molar-refractivity contribution in [2.24, 2.45) is 0 Å². The van der Waals surface area contributed by atoms with Gasteiger partial charge in [-0.25, -0.2) is 0 Å². The molecule has 25 heavy (non-hydrogen) atoms. The van der Waals surface area contributed by atoms with Crippen molar-refractivity contribution in [3.05, 3.63) is 77.4 Å². The third kappa shape index (κ3) is 3.66. The standard InChI is InChI=1S/C22H23NO2/c1-3-6-20(25)23-22(17-11-9-15(2)10-12-17)21-18-8-5-4-7-16(18)13-14-19(21)24/h4-5,7-14,22,24H,3,6H2,1-2H3,(H,23,25)/t22-/m1/s1. The minimum atomic E-state index is -0.384. The van der Waals surface area contributed by atoms with Crippen LogP contribution in [0.4, 0.5) is 0 Å². The molecule has 0 unspecified atom stereocenters. The number of phenolic OH excluding ortho intramolecular Hbond substituents is 1. The van der Waals surface area contributed by atoms with E-state index in [1.807, 2.05) is 68.4 Å². The minimum Gasteiger partial charge on any atom is -0.508 e. The highest BCUT2D eigenvalue weighted by Crippen LogP contribution is 2.36. The molecule has 0 aliphatic carbocycles. The van der Waals surface area contributed by atoms with E-state index < -0.39 is 0 Å². The van der Waals surface area contributed by atoms with Crippen LogP contribution in [-0.4, -0.2) is 11.0 Å². The molecule has 0 heterocycles. The zero-order chi connectivity index (χ0) is 17.8. The van der Waals surface area contributed by atoms with Gasteiger partial charge in [0.05, 0.1) is 6.04 Å². The number of aryl methyl sites for hydroxylation is 1. The first-order chi connectivity index (χ1) is 12.1. The average Bonchev–Trinajstić information content (AvgIpc) is 2.61. The van der Waals surface area contributed by atoms with Crippen LogP contribution >= 0.6 is 0 Å². The van der Waals surface area contributed by atoms with Crippen LogP contribution in [0.2, 0.25) is 0 Å². The number of hydrogen-bond acceptors (Lipinski definition) is 2. The molecule has 128 valence electrons. The number of fused-ring (bicyclic) bond motifs is 1. The third-order valence-corrected chi connectivity index (χ3v) is 4.43. The highest BCUT2D eigenvalue weighted by Gasteiger charge is 2.22. The minimum absolute atomic E-state index is 0.0135. The lowest BCUT2D eigenvalue weighted by atomic mass is 9.92. The van der Waals surface area contributed by atoms with Gasteiger partial charge < -0.3 is 10.4 Å². The summed E-state index contributed by atoms with van der Waals surface area (Å²) in [5, 5.41) is 15.7. The van der Waals surface area contributed by atoms with E-state index in [0.29, 0.717) is 6.42 Å². The molecule has 0 radical (unpaired) electrons. The van der Waals surface area contributed by atoms with Crippen LogP contribution < -0.4 is 5.32 Å². The Kier molecular flexibility index (Phi) is 5.03. The quantitative estimate of drug-likeness (QED) is 0.700. The molecule has 3 aromatic carbocycles. The maximum absolute atomic E-state index is 12.3. The summed E-state index contributed by atoms with van der Waals surface area (Å²) in [6, 6.07) is 19.2. The maximum atomic E-state index is 12.3. The molecular weight excluding hydrogens is 310 g/mol. The predicted octanol–water partition coefficient (Wildman–Crippen LogP) is 4.86. The summed E-state index contributed by atoms with van der Waals surface area (Å²) < 4.78 is 0. The van der Waals surface area contributed by atoms with Crippen LogP contribution in [0.25, 0.3) is 10.8 Å². The first-order valence-electron chi connectivity index (χ1n) is 8.66. The lowest BCUT2D eigenvalue weighted by molar-refractivity contribution is -0.121.